The average molecular weight is 216 g/mol. The molecular formula is C12H12N2O2. The molecule has 0 atom stereocenters. The molecule has 2 rings (SSSR count). The van der Waals surface area contributed by atoms with Crippen molar-refractivity contribution in [3.05, 3.63) is 23.8 Å². The number of benzene rings is 1. The van der Waals surface area contributed by atoms with Crippen LogP contribution in [0.25, 0.3) is 0 Å². The van der Waals surface area contributed by atoms with Crippen LogP contribution in [0.15, 0.2) is 18.2 Å². The third kappa shape index (κ3) is 2.14. The van der Waals surface area contributed by atoms with Gasteiger partial charge in [-0.3, -0.25) is 4.79 Å². The van der Waals surface area contributed by atoms with E-state index in [9.17, 15) is 4.79 Å². The summed E-state index contributed by atoms with van der Waals surface area (Å²) in [5.41, 5.74) is 1.07. The van der Waals surface area contributed by atoms with Gasteiger partial charge in [-0.15, -0.1) is 0 Å². The lowest BCUT2D eigenvalue weighted by molar-refractivity contribution is -0.117. The highest BCUT2D eigenvalue weighted by Gasteiger charge is 2.29. The molecule has 1 aromatic carbocycles. The first kappa shape index (κ1) is 10.5. The summed E-state index contributed by atoms with van der Waals surface area (Å²) in [6.45, 7) is 0. The van der Waals surface area contributed by atoms with Gasteiger partial charge in [-0.25, -0.2) is 0 Å². The average Bonchev–Trinajstić information content (AvgIpc) is 3.12. The van der Waals surface area contributed by atoms with E-state index in [1.165, 1.54) is 7.11 Å². The van der Waals surface area contributed by atoms with Crippen molar-refractivity contribution in [1.29, 1.82) is 5.26 Å². The number of hydrogen-bond donors (Lipinski definition) is 1. The Hall–Kier alpha value is -2.02. The third-order valence-corrected chi connectivity index (χ3v) is 2.54. The number of ether oxygens (including phenoxy) is 1. The Morgan fingerprint density at radius 1 is 1.56 bits per heavy atom. The highest BCUT2D eigenvalue weighted by atomic mass is 16.5. The van der Waals surface area contributed by atoms with Gasteiger partial charge in [0.2, 0.25) is 5.91 Å². The summed E-state index contributed by atoms with van der Waals surface area (Å²) in [6, 6.07) is 7.07. The van der Waals surface area contributed by atoms with E-state index < -0.39 is 0 Å². The van der Waals surface area contributed by atoms with Crippen LogP contribution in [-0.4, -0.2) is 13.0 Å². The molecule has 1 aromatic rings. The van der Waals surface area contributed by atoms with Gasteiger partial charge in [0.1, 0.15) is 11.8 Å². The van der Waals surface area contributed by atoms with Crippen molar-refractivity contribution < 1.29 is 9.53 Å². The summed E-state index contributed by atoms with van der Waals surface area (Å²) in [6.07, 6.45) is 1.93. The van der Waals surface area contributed by atoms with Crippen LogP contribution < -0.4 is 10.1 Å². The molecule has 0 bridgehead atoms. The van der Waals surface area contributed by atoms with Crippen LogP contribution in [0.3, 0.4) is 0 Å². The molecule has 0 spiro atoms. The Balaban J connectivity index is 2.16. The van der Waals surface area contributed by atoms with E-state index in [1.54, 1.807) is 18.2 Å². The van der Waals surface area contributed by atoms with Crippen LogP contribution in [0.4, 0.5) is 5.69 Å². The largest absolute Gasteiger partial charge is 0.495 e. The van der Waals surface area contributed by atoms with E-state index in [0.717, 1.165) is 12.8 Å². The Kier molecular flexibility index (Phi) is 2.78. The molecule has 16 heavy (non-hydrogen) atoms. The summed E-state index contributed by atoms with van der Waals surface area (Å²) >= 11 is 0. The first-order chi connectivity index (χ1) is 7.74. The lowest BCUT2D eigenvalue weighted by atomic mass is 10.2. The van der Waals surface area contributed by atoms with Gasteiger partial charge in [-0.2, -0.15) is 5.26 Å². The van der Waals surface area contributed by atoms with Crippen LogP contribution in [0, 0.1) is 17.2 Å². The van der Waals surface area contributed by atoms with Crippen molar-refractivity contribution in [1.82, 2.24) is 0 Å². The van der Waals surface area contributed by atoms with E-state index in [0.29, 0.717) is 17.0 Å². The highest BCUT2D eigenvalue weighted by Crippen LogP contribution is 2.30. The number of amides is 1. The lowest BCUT2D eigenvalue weighted by Crippen LogP contribution is -2.13. The number of carbonyl (C=O) groups is 1. The van der Waals surface area contributed by atoms with Gasteiger partial charge in [0.25, 0.3) is 0 Å². The number of methoxy groups -OCH3 is 1. The fourth-order valence-corrected chi connectivity index (χ4v) is 1.46. The molecule has 4 heteroatoms. The monoisotopic (exact) mass is 216 g/mol. The first-order valence-electron chi connectivity index (χ1n) is 5.13. The number of nitrogens with zero attached hydrogens (tertiary/aromatic N) is 1. The quantitative estimate of drug-likeness (QED) is 0.839. The van der Waals surface area contributed by atoms with Crippen molar-refractivity contribution in [3.63, 3.8) is 0 Å². The Morgan fingerprint density at radius 3 is 2.88 bits per heavy atom. The molecule has 0 unspecified atom stereocenters. The van der Waals surface area contributed by atoms with Gasteiger partial charge >= 0.3 is 0 Å². The maximum absolute atomic E-state index is 11.5. The summed E-state index contributed by atoms with van der Waals surface area (Å²) in [5, 5.41) is 11.7. The first-order valence-corrected chi connectivity index (χ1v) is 5.13. The van der Waals surface area contributed by atoms with Crippen molar-refractivity contribution in [2.45, 2.75) is 12.8 Å². The second-order valence-electron chi connectivity index (χ2n) is 3.79. The molecule has 82 valence electrons. The van der Waals surface area contributed by atoms with Crippen LogP contribution in [0.1, 0.15) is 18.4 Å². The normalized spacial score (nSPS) is 14.0. The van der Waals surface area contributed by atoms with Gasteiger partial charge in [0.15, 0.2) is 0 Å². The Bertz CT molecular complexity index is 459. The van der Waals surface area contributed by atoms with Crippen LogP contribution >= 0.6 is 0 Å². The Morgan fingerprint density at radius 2 is 2.31 bits per heavy atom. The smallest absolute Gasteiger partial charge is 0.227 e. The number of nitriles is 1. The van der Waals surface area contributed by atoms with Crippen molar-refractivity contribution in [2.24, 2.45) is 5.92 Å². The van der Waals surface area contributed by atoms with Crippen LogP contribution in [0.2, 0.25) is 0 Å². The fraction of sp³-hybridized carbons (Fsp3) is 0.333. The maximum atomic E-state index is 11.5. The topological polar surface area (TPSA) is 62.1 Å². The minimum atomic E-state index is 0.0362. The SMILES string of the molecule is COc1ccc(NC(=O)C2CC2)cc1C#N. The van der Waals surface area contributed by atoms with E-state index in [1.807, 2.05) is 6.07 Å². The molecule has 0 heterocycles. The summed E-state index contributed by atoms with van der Waals surface area (Å²) < 4.78 is 5.02. The zero-order valence-electron chi connectivity index (χ0n) is 8.99. The number of carbonyl (C=O) groups excluding carboxylic acids is 1. The zero-order chi connectivity index (χ0) is 11.5. The fourth-order valence-electron chi connectivity index (χ4n) is 1.46. The second-order valence-corrected chi connectivity index (χ2v) is 3.79. The molecule has 0 radical (unpaired) electrons. The van der Waals surface area contributed by atoms with Gasteiger partial charge < -0.3 is 10.1 Å². The molecule has 1 N–H and O–H groups in total. The summed E-state index contributed by atoms with van der Waals surface area (Å²) in [4.78, 5) is 11.5. The van der Waals surface area contributed by atoms with E-state index in [2.05, 4.69) is 5.32 Å². The maximum Gasteiger partial charge on any atom is 0.227 e. The van der Waals surface area contributed by atoms with Crippen LogP contribution in [-0.2, 0) is 4.79 Å². The molecule has 1 aliphatic rings. The lowest BCUT2D eigenvalue weighted by Gasteiger charge is -2.07. The second kappa shape index (κ2) is 4.23. The molecule has 0 saturated heterocycles. The predicted octanol–water partition coefficient (Wildman–Crippen LogP) is 1.92. The van der Waals surface area contributed by atoms with Gasteiger partial charge in [-0.1, -0.05) is 0 Å². The minimum absolute atomic E-state index is 0.0362. The number of hydrogen-bond acceptors (Lipinski definition) is 3. The molecule has 1 amide bonds. The highest BCUT2D eigenvalue weighted by molar-refractivity contribution is 5.94. The number of rotatable bonds is 3. The van der Waals surface area contributed by atoms with Crippen LogP contribution in [0.5, 0.6) is 5.75 Å². The van der Waals surface area contributed by atoms with Crippen molar-refractivity contribution in [3.8, 4) is 11.8 Å². The summed E-state index contributed by atoms with van der Waals surface area (Å²) in [7, 11) is 1.51. The Labute approximate surface area is 93.8 Å². The number of anilines is 1. The molecule has 1 saturated carbocycles. The summed E-state index contributed by atoms with van der Waals surface area (Å²) in [5.74, 6) is 0.716. The van der Waals surface area contributed by atoms with E-state index >= 15 is 0 Å². The van der Waals surface area contributed by atoms with E-state index in [4.69, 9.17) is 10.00 Å². The van der Waals surface area contributed by atoms with Gasteiger partial charge in [0, 0.05) is 11.6 Å². The molecule has 4 nitrogen and oxygen atoms in total. The molecule has 0 aliphatic heterocycles. The predicted molar refractivity (Wildman–Crippen MR) is 59.1 cm³/mol. The molecule has 1 fully saturated rings. The van der Waals surface area contributed by atoms with Gasteiger partial charge in [0.05, 0.1) is 12.7 Å². The van der Waals surface area contributed by atoms with Crippen molar-refractivity contribution >= 4 is 11.6 Å². The molecule has 1 aliphatic carbocycles. The third-order valence-electron chi connectivity index (χ3n) is 2.54. The van der Waals surface area contributed by atoms with Gasteiger partial charge in [-0.05, 0) is 31.0 Å². The molecular weight excluding hydrogens is 204 g/mol. The number of nitrogens with one attached hydrogen (secondary N) is 1. The standard InChI is InChI=1S/C12H12N2O2/c1-16-11-5-4-10(6-9(11)7-13)14-12(15)8-2-3-8/h4-6,8H,2-3H2,1H3,(H,14,15). The minimum Gasteiger partial charge on any atom is -0.495 e. The van der Waals surface area contributed by atoms with Crippen molar-refractivity contribution in [2.75, 3.05) is 12.4 Å². The zero-order valence-corrected chi connectivity index (χ0v) is 8.99. The molecule has 0 aromatic heterocycles. The van der Waals surface area contributed by atoms with E-state index in [-0.39, 0.29) is 11.8 Å².